The van der Waals surface area contributed by atoms with Gasteiger partial charge >= 0.3 is 6.09 Å². The van der Waals surface area contributed by atoms with Crippen molar-refractivity contribution in [3.63, 3.8) is 0 Å². The molecule has 2 aliphatic rings. The van der Waals surface area contributed by atoms with E-state index in [1.807, 2.05) is 112 Å². The van der Waals surface area contributed by atoms with Crippen LogP contribution in [0.4, 0.5) is 4.79 Å². The van der Waals surface area contributed by atoms with Crippen LogP contribution in [0.2, 0.25) is 0 Å². The fourth-order valence-electron chi connectivity index (χ4n) is 7.65. The molecule has 2 fully saturated rings. The van der Waals surface area contributed by atoms with Crippen molar-refractivity contribution in [3.8, 4) is 23.1 Å². The number of aromatic amines is 2. The Kier molecular flexibility index (Phi) is 10.9. The molecule has 0 saturated carbocycles. The van der Waals surface area contributed by atoms with Gasteiger partial charge in [-0.25, -0.2) is 14.8 Å². The minimum Gasteiger partial charge on any atom is -0.453 e. The first-order valence-corrected chi connectivity index (χ1v) is 19.0. The lowest BCUT2D eigenvalue weighted by atomic mass is 9.99. The number of fused-ring (bicyclic) bond motifs is 1. The van der Waals surface area contributed by atoms with Crippen molar-refractivity contribution in [2.45, 2.75) is 71.5 Å². The predicted octanol–water partition coefficient (Wildman–Crippen LogP) is 7.55. The van der Waals surface area contributed by atoms with E-state index in [2.05, 4.69) is 27.1 Å². The largest absolute Gasteiger partial charge is 0.453 e. The molecule has 282 valence electrons. The Hall–Kier alpha value is -6.15. The van der Waals surface area contributed by atoms with Crippen LogP contribution < -0.4 is 5.32 Å². The van der Waals surface area contributed by atoms with E-state index in [0.29, 0.717) is 13.1 Å². The van der Waals surface area contributed by atoms with Crippen molar-refractivity contribution < 1.29 is 19.1 Å². The molecular weight excluding hydrogens is 691 g/mol. The van der Waals surface area contributed by atoms with Crippen molar-refractivity contribution in [2.75, 3.05) is 20.2 Å². The zero-order chi connectivity index (χ0) is 38.6. The lowest BCUT2D eigenvalue weighted by molar-refractivity contribution is -0.135. The van der Waals surface area contributed by atoms with Crippen LogP contribution in [0, 0.1) is 17.8 Å². The summed E-state index contributed by atoms with van der Waals surface area (Å²) in [6.45, 7) is 9.08. The topological polar surface area (TPSA) is 136 Å². The van der Waals surface area contributed by atoms with Gasteiger partial charge in [0.15, 0.2) is 0 Å². The van der Waals surface area contributed by atoms with E-state index in [4.69, 9.17) is 14.7 Å². The van der Waals surface area contributed by atoms with E-state index in [9.17, 15) is 14.4 Å². The van der Waals surface area contributed by atoms with Crippen molar-refractivity contribution in [1.29, 1.82) is 0 Å². The van der Waals surface area contributed by atoms with E-state index < -0.39 is 12.1 Å². The summed E-state index contributed by atoms with van der Waals surface area (Å²) in [6.07, 6.45) is 4.65. The predicted molar refractivity (Wildman–Crippen MR) is 212 cm³/mol. The molecule has 3 atom stereocenters. The molecule has 7 rings (SSSR count). The number of rotatable bonds is 8. The summed E-state index contributed by atoms with van der Waals surface area (Å²) < 4.78 is 4.75. The zero-order valence-corrected chi connectivity index (χ0v) is 32.0. The summed E-state index contributed by atoms with van der Waals surface area (Å²) >= 11 is 0. The number of ether oxygens (including phenoxy) is 1. The zero-order valence-electron chi connectivity index (χ0n) is 32.0. The van der Waals surface area contributed by atoms with Crippen LogP contribution in [0.3, 0.4) is 0 Å². The fourth-order valence-corrected chi connectivity index (χ4v) is 7.65. The van der Waals surface area contributed by atoms with Gasteiger partial charge in [0.2, 0.25) is 5.91 Å². The maximum absolute atomic E-state index is 13.9. The molecule has 0 bridgehead atoms. The molecular formula is C44H47N7O4. The van der Waals surface area contributed by atoms with E-state index in [-0.39, 0.29) is 29.8 Å². The van der Waals surface area contributed by atoms with Crippen molar-refractivity contribution in [2.24, 2.45) is 5.92 Å². The average Bonchev–Trinajstić information content (AvgIpc) is 4.02. The number of amides is 3. The number of H-pyrrole nitrogens is 2. The molecule has 55 heavy (non-hydrogen) atoms. The number of likely N-dealkylation sites (tertiary alicyclic amines) is 2. The van der Waals surface area contributed by atoms with Crippen LogP contribution in [0.15, 0.2) is 84.6 Å². The number of hydrogen-bond acceptors (Lipinski definition) is 6. The smallest absolute Gasteiger partial charge is 0.407 e. The maximum Gasteiger partial charge on any atom is 0.407 e. The Bertz CT molecular complexity index is 2290. The number of benzene rings is 3. The third kappa shape index (κ3) is 7.90. The number of alkyl carbamates (subject to hydrolysis) is 1. The van der Waals surface area contributed by atoms with Gasteiger partial charge in [0, 0.05) is 41.5 Å². The van der Waals surface area contributed by atoms with Gasteiger partial charge in [-0.15, -0.1) is 0 Å². The molecule has 3 N–H and O–H groups in total. The van der Waals surface area contributed by atoms with Gasteiger partial charge in [0.1, 0.15) is 17.7 Å². The van der Waals surface area contributed by atoms with E-state index >= 15 is 0 Å². The first-order valence-electron chi connectivity index (χ1n) is 19.0. The number of aromatic nitrogens is 4. The second kappa shape index (κ2) is 16.1. The van der Waals surface area contributed by atoms with Crippen LogP contribution in [-0.2, 0) is 14.3 Å². The highest BCUT2D eigenvalue weighted by molar-refractivity contribution is 6.20. The van der Waals surface area contributed by atoms with Gasteiger partial charge in [-0.2, -0.15) is 0 Å². The number of carbonyl (C=O) groups excluding carboxylic acids is 3. The molecule has 2 saturated heterocycles. The monoisotopic (exact) mass is 737 g/mol. The number of imidazole rings is 2. The average molecular weight is 738 g/mol. The van der Waals surface area contributed by atoms with Crippen molar-refractivity contribution in [3.05, 3.63) is 113 Å². The van der Waals surface area contributed by atoms with E-state index in [0.717, 1.165) is 87.5 Å². The maximum atomic E-state index is 13.9. The number of nitrogens with one attached hydrogen (secondary N) is 3. The lowest BCUT2D eigenvalue weighted by Crippen LogP contribution is -2.51. The summed E-state index contributed by atoms with van der Waals surface area (Å²) in [5.74, 6) is 7.88. The van der Waals surface area contributed by atoms with Crippen LogP contribution in [0.25, 0.3) is 27.9 Å². The van der Waals surface area contributed by atoms with Gasteiger partial charge in [0.05, 0.1) is 35.9 Å². The Morgan fingerprint density at radius 3 is 2.22 bits per heavy atom. The molecule has 3 amide bonds. The highest BCUT2D eigenvalue weighted by Gasteiger charge is 2.38. The van der Waals surface area contributed by atoms with Crippen LogP contribution >= 0.6 is 0 Å². The Labute approximate surface area is 321 Å². The normalized spacial score (nSPS) is 17.2. The third-order valence-corrected chi connectivity index (χ3v) is 10.5. The number of allylic oxidation sites excluding steroid dienone is 1. The molecule has 11 heteroatoms. The van der Waals surface area contributed by atoms with Gasteiger partial charge < -0.3 is 29.8 Å². The molecule has 4 heterocycles. The van der Waals surface area contributed by atoms with Gasteiger partial charge in [-0.05, 0) is 81.3 Å². The molecule has 2 aromatic heterocycles. The molecule has 0 unspecified atom stereocenters. The molecule has 3 aromatic carbocycles. The first kappa shape index (κ1) is 37.2. The Morgan fingerprint density at radius 2 is 1.53 bits per heavy atom. The van der Waals surface area contributed by atoms with Gasteiger partial charge in [-0.3, -0.25) is 9.59 Å². The number of nitrogens with zero attached hydrogens (tertiary/aromatic N) is 4. The summed E-state index contributed by atoms with van der Waals surface area (Å²) in [5, 5.41) is 2.69. The molecule has 2 aliphatic heterocycles. The van der Waals surface area contributed by atoms with Crippen LogP contribution in [0.1, 0.15) is 93.8 Å². The fraction of sp³-hybridized carbons (Fsp3) is 0.341. The summed E-state index contributed by atoms with van der Waals surface area (Å²) in [6, 6.07) is 22.8. The Morgan fingerprint density at radius 1 is 0.855 bits per heavy atom. The van der Waals surface area contributed by atoms with Gasteiger partial charge in [-0.1, -0.05) is 73.7 Å². The molecule has 0 radical (unpaired) electrons. The van der Waals surface area contributed by atoms with Crippen LogP contribution in [-0.4, -0.2) is 73.9 Å². The van der Waals surface area contributed by atoms with Crippen molar-refractivity contribution >= 4 is 34.5 Å². The third-order valence-electron chi connectivity index (χ3n) is 10.5. The minimum atomic E-state index is -0.684. The quantitative estimate of drug-likeness (QED) is 0.111. The molecule has 0 spiro atoms. The van der Waals surface area contributed by atoms with E-state index in [1.54, 1.807) is 4.90 Å². The number of carbonyl (C=O) groups is 3. The standard InChI is InChI=1S/C44H47N7O4/c1-27(2)38(32-11-7-6-8-12-32)42(52)50-23-10-14-37(50)41-46-33-22-19-30(25-34(33)47-41)16-15-29-17-20-31(21-18-29)35-26-45-40(48-35)36-13-9-24-51(36)43(53)39(28(3)4)49-44(54)55-5/h6-8,11-12,17-22,25-26,28,36-37,39H,9-10,13-14,23-24H2,1-5H3,(H,45,48)(H,46,47)(H,49,54)/t36-,37-,39-/m0/s1. The van der Waals surface area contributed by atoms with Gasteiger partial charge in [0.25, 0.3) is 5.91 Å². The highest BCUT2D eigenvalue weighted by Crippen LogP contribution is 2.36. The first-order chi connectivity index (χ1) is 26.6. The van der Waals surface area contributed by atoms with E-state index in [1.165, 1.54) is 7.11 Å². The minimum absolute atomic E-state index is 0.0399. The summed E-state index contributed by atoms with van der Waals surface area (Å²) in [4.78, 5) is 59.7. The summed E-state index contributed by atoms with van der Waals surface area (Å²) in [7, 11) is 1.29. The number of methoxy groups -OCH3 is 1. The lowest BCUT2D eigenvalue weighted by Gasteiger charge is -2.29. The van der Waals surface area contributed by atoms with Crippen molar-refractivity contribution in [1.82, 2.24) is 35.1 Å². The van der Waals surface area contributed by atoms with Crippen LogP contribution in [0.5, 0.6) is 0 Å². The molecule has 11 nitrogen and oxygen atoms in total. The Balaban J connectivity index is 1.03. The number of hydrogen-bond donors (Lipinski definition) is 3. The molecule has 0 aliphatic carbocycles. The molecule has 5 aromatic rings. The second-order valence-corrected chi connectivity index (χ2v) is 14.8. The summed E-state index contributed by atoms with van der Waals surface area (Å²) in [5.41, 5.74) is 7.83. The highest BCUT2D eigenvalue weighted by atomic mass is 16.5. The SMILES string of the molecule is COC(=O)N[C@H](C(=O)N1CCC[C@H]1c1nc(-c2ccc(C#Cc3ccc4[nH]c([C@@H]5CCCN5C(=O)C(=C(C)C)c5ccccc5)nc4c3)cc2)c[nH]1)C(C)C. The second-order valence-electron chi connectivity index (χ2n) is 14.8.